The van der Waals surface area contributed by atoms with E-state index in [1.54, 1.807) is 50.9 Å². The Bertz CT molecular complexity index is 1520. The average Bonchev–Trinajstić information content (AvgIpc) is 3.17. The van der Waals surface area contributed by atoms with Gasteiger partial charge in [-0.25, -0.2) is 19.9 Å². The molecule has 12 nitrogen and oxygen atoms in total. The summed E-state index contributed by atoms with van der Waals surface area (Å²) in [4.78, 5) is 20.0. The Labute approximate surface area is 302 Å². The number of morpholine rings is 2. The Morgan fingerprint density at radius 2 is 1.20 bits per heavy atom. The molecule has 2 aromatic heterocycles. The number of halogens is 1. The van der Waals surface area contributed by atoms with Crippen LogP contribution in [0.4, 0.5) is 17.5 Å². The maximum Gasteiger partial charge on any atom is 0.191 e. The third-order valence-corrected chi connectivity index (χ3v) is 9.14. The summed E-state index contributed by atoms with van der Waals surface area (Å²) >= 11 is 9.11. The number of rotatable bonds is 11. The lowest BCUT2D eigenvalue weighted by Gasteiger charge is -2.28. The molecule has 0 radical (unpaired) electrons. The summed E-state index contributed by atoms with van der Waals surface area (Å²) in [5, 5.41) is 11.1. The van der Waals surface area contributed by atoms with E-state index in [-0.39, 0.29) is 0 Å². The molecule has 0 bridgehead atoms. The van der Waals surface area contributed by atoms with Crippen molar-refractivity contribution in [2.75, 3.05) is 96.5 Å². The summed E-state index contributed by atoms with van der Waals surface area (Å²) in [6.45, 7) is 7.05. The van der Waals surface area contributed by atoms with Crippen molar-refractivity contribution in [3.63, 3.8) is 0 Å². The average molecular weight is 729 g/mol. The number of aromatic nitrogens is 4. The molecule has 2 aliphatic heterocycles. The molecule has 264 valence electrons. The van der Waals surface area contributed by atoms with Crippen molar-refractivity contribution in [2.45, 2.75) is 21.8 Å². The first kappa shape index (κ1) is 38.3. The number of hydrogen-bond donors (Lipinski definition) is 3. The SMILES string of the molecule is C1COCCN1.CNc1cc(Cl)nc(SCc2ccc(OC)cc2)n1.CNc1cc(N2CCOCC2)nc(SCc2ccc(OC)cc2)n1. The molecular formula is C34H45ClN8O4S2. The minimum absolute atomic E-state index is 0.441. The second-order valence-electron chi connectivity index (χ2n) is 10.5. The molecule has 0 spiro atoms. The van der Waals surface area contributed by atoms with Crippen molar-refractivity contribution in [3.05, 3.63) is 76.9 Å². The number of methoxy groups -OCH3 is 2. The number of hydrogen-bond acceptors (Lipinski definition) is 14. The van der Waals surface area contributed by atoms with Crippen LogP contribution in [0.3, 0.4) is 0 Å². The number of nitrogens with one attached hydrogen (secondary N) is 3. The fourth-order valence-corrected chi connectivity index (χ4v) is 6.26. The maximum atomic E-state index is 5.93. The fourth-order valence-electron chi connectivity index (χ4n) is 4.40. The molecule has 6 rings (SSSR count). The largest absolute Gasteiger partial charge is 0.497 e. The first-order valence-corrected chi connectivity index (χ1v) is 18.3. The van der Waals surface area contributed by atoms with Gasteiger partial charge in [0, 0.05) is 63.9 Å². The number of ether oxygens (including phenoxy) is 4. The second kappa shape index (κ2) is 21.5. The minimum Gasteiger partial charge on any atom is -0.497 e. The summed E-state index contributed by atoms with van der Waals surface area (Å²) < 4.78 is 20.7. The van der Waals surface area contributed by atoms with Crippen molar-refractivity contribution in [1.29, 1.82) is 0 Å². The van der Waals surface area contributed by atoms with Gasteiger partial charge in [-0.1, -0.05) is 59.4 Å². The van der Waals surface area contributed by atoms with E-state index in [9.17, 15) is 0 Å². The summed E-state index contributed by atoms with van der Waals surface area (Å²) in [5.74, 6) is 5.83. The van der Waals surface area contributed by atoms with E-state index in [2.05, 4.69) is 47.9 Å². The summed E-state index contributed by atoms with van der Waals surface area (Å²) in [5.41, 5.74) is 2.40. The van der Waals surface area contributed by atoms with Gasteiger partial charge in [0.05, 0.1) is 40.6 Å². The number of anilines is 3. The highest BCUT2D eigenvalue weighted by Crippen LogP contribution is 2.26. The molecule has 2 fully saturated rings. The lowest BCUT2D eigenvalue weighted by Crippen LogP contribution is -2.36. The van der Waals surface area contributed by atoms with Crippen LogP contribution in [0.1, 0.15) is 11.1 Å². The van der Waals surface area contributed by atoms with Gasteiger partial charge in [-0.05, 0) is 35.4 Å². The Morgan fingerprint density at radius 1 is 0.714 bits per heavy atom. The minimum atomic E-state index is 0.441. The third kappa shape index (κ3) is 13.7. The van der Waals surface area contributed by atoms with Crippen LogP contribution in [0, 0.1) is 0 Å². The van der Waals surface area contributed by atoms with Crippen LogP contribution in [0.5, 0.6) is 11.5 Å². The quantitative estimate of drug-likeness (QED) is 0.0988. The summed E-state index contributed by atoms with van der Waals surface area (Å²) in [6, 6.07) is 19.7. The molecule has 0 unspecified atom stereocenters. The second-order valence-corrected chi connectivity index (χ2v) is 12.8. The third-order valence-electron chi connectivity index (χ3n) is 7.11. The van der Waals surface area contributed by atoms with E-state index < -0.39 is 0 Å². The van der Waals surface area contributed by atoms with E-state index in [0.29, 0.717) is 10.3 Å². The first-order chi connectivity index (χ1) is 24.0. The molecule has 0 atom stereocenters. The topological polar surface area (TPSA) is 128 Å². The lowest BCUT2D eigenvalue weighted by atomic mass is 10.2. The molecule has 4 aromatic rings. The van der Waals surface area contributed by atoms with Gasteiger partial charge >= 0.3 is 0 Å². The monoisotopic (exact) mass is 728 g/mol. The lowest BCUT2D eigenvalue weighted by molar-refractivity contribution is 0.109. The van der Waals surface area contributed by atoms with Crippen molar-refractivity contribution >= 4 is 52.6 Å². The van der Waals surface area contributed by atoms with Crippen molar-refractivity contribution in [3.8, 4) is 11.5 Å². The van der Waals surface area contributed by atoms with Crippen LogP contribution in [0.2, 0.25) is 5.15 Å². The molecule has 0 amide bonds. The Balaban J connectivity index is 0.000000192. The van der Waals surface area contributed by atoms with Crippen LogP contribution in [-0.2, 0) is 21.0 Å². The van der Waals surface area contributed by atoms with Crippen LogP contribution in [-0.4, -0.2) is 101 Å². The van der Waals surface area contributed by atoms with Gasteiger partial charge in [-0.2, -0.15) is 0 Å². The van der Waals surface area contributed by atoms with Crippen LogP contribution >= 0.6 is 35.1 Å². The highest BCUT2D eigenvalue weighted by molar-refractivity contribution is 7.98. The zero-order chi connectivity index (χ0) is 34.7. The zero-order valence-corrected chi connectivity index (χ0v) is 30.8. The maximum absolute atomic E-state index is 5.93. The molecule has 2 aliphatic rings. The zero-order valence-electron chi connectivity index (χ0n) is 28.4. The predicted molar refractivity (Wildman–Crippen MR) is 200 cm³/mol. The molecule has 15 heteroatoms. The van der Waals surface area contributed by atoms with E-state index in [1.807, 2.05) is 49.5 Å². The van der Waals surface area contributed by atoms with Gasteiger partial charge in [-0.3, -0.25) is 0 Å². The van der Waals surface area contributed by atoms with E-state index in [1.165, 1.54) is 11.1 Å². The standard InChI is InChI=1S/C17H22N4O2S.C13H14ClN3OS.C4H9NO/c1-18-15-11-16(21-7-9-23-10-8-21)20-17(19-15)24-12-13-3-5-14(22-2)6-4-13;1-15-12-7-11(14)16-13(17-12)19-8-9-3-5-10(18-2)6-4-9;1-3-6-4-2-5-1/h3-6,11H,7-10,12H2,1-2H3,(H,18,19,20);3-7H,8H2,1-2H3,(H,15,16,17);5H,1-4H2. The van der Waals surface area contributed by atoms with E-state index in [4.69, 9.17) is 35.5 Å². The molecule has 2 aromatic carbocycles. The molecule has 0 saturated carbocycles. The van der Waals surface area contributed by atoms with Crippen LogP contribution < -0.4 is 30.3 Å². The smallest absolute Gasteiger partial charge is 0.191 e. The first-order valence-electron chi connectivity index (χ1n) is 15.9. The van der Waals surface area contributed by atoms with Crippen LogP contribution in [0.15, 0.2) is 71.0 Å². The molecular weight excluding hydrogens is 684 g/mol. The van der Waals surface area contributed by atoms with Crippen molar-refractivity contribution in [1.82, 2.24) is 25.3 Å². The molecule has 0 aliphatic carbocycles. The van der Waals surface area contributed by atoms with Gasteiger partial charge in [0.25, 0.3) is 0 Å². The number of thioether (sulfide) groups is 2. The van der Waals surface area contributed by atoms with Gasteiger partial charge in [-0.15, -0.1) is 0 Å². The fraction of sp³-hybridized carbons (Fsp3) is 0.412. The Kier molecular flexibility index (Phi) is 16.8. The molecule has 2 saturated heterocycles. The van der Waals surface area contributed by atoms with Gasteiger partial charge < -0.3 is 39.8 Å². The molecule has 4 heterocycles. The Morgan fingerprint density at radius 3 is 1.65 bits per heavy atom. The van der Waals surface area contributed by atoms with Gasteiger partial charge in [0.1, 0.15) is 34.1 Å². The van der Waals surface area contributed by atoms with Crippen molar-refractivity contribution < 1.29 is 18.9 Å². The summed E-state index contributed by atoms with van der Waals surface area (Å²) in [7, 11) is 7.01. The Hall–Kier alpha value is -3.53. The molecule has 49 heavy (non-hydrogen) atoms. The van der Waals surface area contributed by atoms with Gasteiger partial charge in [0.15, 0.2) is 10.3 Å². The number of nitrogens with zero attached hydrogens (tertiary/aromatic N) is 5. The summed E-state index contributed by atoms with van der Waals surface area (Å²) in [6.07, 6.45) is 0. The predicted octanol–water partition coefficient (Wildman–Crippen LogP) is 5.73. The highest BCUT2D eigenvalue weighted by Gasteiger charge is 2.15. The number of benzene rings is 2. The van der Waals surface area contributed by atoms with Gasteiger partial charge in [0.2, 0.25) is 0 Å². The highest BCUT2D eigenvalue weighted by atomic mass is 35.5. The molecule has 3 N–H and O–H groups in total. The van der Waals surface area contributed by atoms with E-state index in [0.717, 1.165) is 98.2 Å². The van der Waals surface area contributed by atoms with Crippen molar-refractivity contribution in [2.24, 2.45) is 0 Å². The van der Waals surface area contributed by atoms with Crippen LogP contribution in [0.25, 0.3) is 0 Å². The van der Waals surface area contributed by atoms with E-state index >= 15 is 0 Å². The normalized spacial score (nSPS) is 14.0.